The summed E-state index contributed by atoms with van der Waals surface area (Å²) in [6, 6.07) is 12.7. The van der Waals surface area contributed by atoms with Crippen LogP contribution in [0.4, 0.5) is 0 Å². The molecule has 0 fully saturated rings. The Kier molecular flexibility index (Phi) is 2.96. The van der Waals surface area contributed by atoms with Crippen molar-refractivity contribution in [2.24, 2.45) is 0 Å². The van der Waals surface area contributed by atoms with Crippen molar-refractivity contribution >= 4 is 15.9 Å². The predicted octanol–water partition coefficient (Wildman–Crippen LogP) is 4.58. The van der Waals surface area contributed by atoms with Crippen LogP contribution in [0.3, 0.4) is 0 Å². The molecule has 90 valence electrons. The van der Waals surface area contributed by atoms with Crippen molar-refractivity contribution in [3.05, 3.63) is 82.6 Å². The quantitative estimate of drug-likeness (QED) is 0.835. The minimum Gasteiger partial charge on any atom is -0.364 e. The first kappa shape index (κ1) is 11.5. The first-order chi connectivity index (χ1) is 8.83. The van der Waals surface area contributed by atoms with Gasteiger partial charge in [0.1, 0.15) is 0 Å². The number of hydrogen-bond donors (Lipinski definition) is 1. The van der Waals surface area contributed by atoms with Gasteiger partial charge >= 0.3 is 0 Å². The van der Waals surface area contributed by atoms with Gasteiger partial charge in [-0.1, -0.05) is 58.4 Å². The molecule has 2 heteroatoms. The second kappa shape index (κ2) is 4.62. The van der Waals surface area contributed by atoms with E-state index in [4.69, 9.17) is 0 Å². The molecule has 0 amide bonds. The van der Waals surface area contributed by atoms with Crippen LogP contribution in [-0.4, -0.2) is 4.98 Å². The van der Waals surface area contributed by atoms with Gasteiger partial charge in [0, 0.05) is 16.4 Å². The molecule has 1 aliphatic rings. The third-order valence-electron chi connectivity index (χ3n) is 3.50. The van der Waals surface area contributed by atoms with Crippen LogP contribution in [0.2, 0.25) is 0 Å². The SMILES string of the molecule is Brc1ccccc1C1(c2ccc[nH]2)C=CC=CC1. The van der Waals surface area contributed by atoms with E-state index in [9.17, 15) is 0 Å². The predicted molar refractivity (Wildman–Crippen MR) is 78.6 cm³/mol. The highest BCUT2D eigenvalue weighted by Gasteiger charge is 2.33. The van der Waals surface area contributed by atoms with E-state index < -0.39 is 0 Å². The molecule has 1 N–H and O–H groups in total. The number of allylic oxidation sites excluding steroid dienone is 4. The van der Waals surface area contributed by atoms with Crippen molar-refractivity contribution in [3.8, 4) is 0 Å². The average Bonchev–Trinajstić information content (AvgIpc) is 2.94. The Bertz CT molecular complexity index is 595. The smallest absolute Gasteiger partial charge is 0.0581 e. The molecule has 1 nitrogen and oxygen atoms in total. The van der Waals surface area contributed by atoms with E-state index in [0.717, 1.165) is 10.9 Å². The van der Waals surface area contributed by atoms with E-state index in [1.54, 1.807) is 0 Å². The fourth-order valence-corrected chi connectivity index (χ4v) is 3.23. The molecule has 0 aliphatic heterocycles. The van der Waals surface area contributed by atoms with E-state index in [2.05, 4.69) is 81.6 Å². The van der Waals surface area contributed by atoms with E-state index in [1.807, 2.05) is 6.20 Å². The van der Waals surface area contributed by atoms with E-state index in [-0.39, 0.29) is 5.41 Å². The number of aromatic amines is 1. The number of benzene rings is 1. The first-order valence-electron chi connectivity index (χ1n) is 6.06. The molecule has 1 heterocycles. The van der Waals surface area contributed by atoms with Crippen LogP contribution in [0.1, 0.15) is 17.7 Å². The minimum atomic E-state index is -0.0850. The molecule has 0 bridgehead atoms. The van der Waals surface area contributed by atoms with Gasteiger partial charge in [-0.2, -0.15) is 0 Å². The van der Waals surface area contributed by atoms with Crippen LogP contribution in [0.15, 0.2) is 71.4 Å². The molecule has 3 rings (SSSR count). The van der Waals surface area contributed by atoms with E-state index >= 15 is 0 Å². The maximum absolute atomic E-state index is 3.68. The van der Waals surface area contributed by atoms with Crippen LogP contribution in [0, 0.1) is 0 Å². The van der Waals surface area contributed by atoms with Gasteiger partial charge in [0.05, 0.1) is 5.41 Å². The van der Waals surface area contributed by atoms with Gasteiger partial charge < -0.3 is 4.98 Å². The molecule has 1 aromatic heterocycles. The lowest BCUT2D eigenvalue weighted by Crippen LogP contribution is -2.26. The molecule has 1 atom stereocenters. The summed E-state index contributed by atoms with van der Waals surface area (Å²) >= 11 is 3.68. The zero-order chi connectivity index (χ0) is 12.4. The third kappa shape index (κ3) is 1.77. The lowest BCUT2D eigenvalue weighted by molar-refractivity contribution is 0.626. The van der Waals surface area contributed by atoms with Crippen molar-refractivity contribution in [2.75, 3.05) is 0 Å². The summed E-state index contributed by atoms with van der Waals surface area (Å²) in [5.41, 5.74) is 2.45. The summed E-state index contributed by atoms with van der Waals surface area (Å²) in [4.78, 5) is 3.37. The summed E-state index contributed by atoms with van der Waals surface area (Å²) in [6.45, 7) is 0. The van der Waals surface area contributed by atoms with Gasteiger partial charge in [-0.3, -0.25) is 0 Å². The van der Waals surface area contributed by atoms with Crippen LogP contribution >= 0.6 is 15.9 Å². The highest BCUT2D eigenvalue weighted by Crippen LogP contribution is 2.41. The maximum atomic E-state index is 3.68. The molecule has 0 spiro atoms. The summed E-state index contributed by atoms with van der Waals surface area (Å²) in [6.07, 6.45) is 11.7. The molecule has 0 radical (unpaired) electrons. The molecule has 0 saturated heterocycles. The first-order valence-corrected chi connectivity index (χ1v) is 6.85. The number of hydrogen-bond acceptors (Lipinski definition) is 0. The summed E-state index contributed by atoms with van der Waals surface area (Å²) < 4.78 is 1.15. The average molecular weight is 300 g/mol. The molecule has 0 saturated carbocycles. The molecule has 1 unspecified atom stereocenters. The van der Waals surface area contributed by atoms with Crippen LogP contribution in [-0.2, 0) is 5.41 Å². The summed E-state index contributed by atoms with van der Waals surface area (Å²) in [5.74, 6) is 0. The third-order valence-corrected chi connectivity index (χ3v) is 4.19. The van der Waals surface area contributed by atoms with Crippen molar-refractivity contribution < 1.29 is 0 Å². The Morgan fingerprint density at radius 3 is 2.61 bits per heavy atom. The largest absolute Gasteiger partial charge is 0.364 e. The summed E-state index contributed by atoms with van der Waals surface area (Å²) in [5, 5.41) is 0. The van der Waals surface area contributed by atoms with Gasteiger partial charge in [0.2, 0.25) is 0 Å². The van der Waals surface area contributed by atoms with E-state index in [1.165, 1.54) is 11.3 Å². The lowest BCUT2D eigenvalue weighted by Gasteiger charge is -2.32. The molecule has 1 aliphatic carbocycles. The van der Waals surface area contributed by atoms with Crippen molar-refractivity contribution in [1.29, 1.82) is 0 Å². The van der Waals surface area contributed by atoms with Gasteiger partial charge in [0.15, 0.2) is 0 Å². The Labute approximate surface area is 115 Å². The highest BCUT2D eigenvalue weighted by atomic mass is 79.9. The van der Waals surface area contributed by atoms with Crippen LogP contribution in [0.5, 0.6) is 0 Å². The van der Waals surface area contributed by atoms with Crippen molar-refractivity contribution in [1.82, 2.24) is 4.98 Å². The Hall–Kier alpha value is -1.54. The van der Waals surface area contributed by atoms with Gasteiger partial charge in [-0.15, -0.1) is 0 Å². The van der Waals surface area contributed by atoms with Crippen LogP contribution in [0.25, 0.3) is 0 Å². The number of rotatable bonds is 2. The monoisotopic (exact) mass is 299 g/mol. The number of halogens is 1. The van der Waals surface area contributed by atoms with Gasteiger partial charge in [-0.25, -0.2) is 0 Å². The highest BCUT2D eigenvalue weighted by molar-refractivity contribution is 9.10. The molecule has 18 heavy (non-hydrogen) atoms. The fraction of sp³-hybridized carbons (Fsp3) is 0.125. The molecular formula is C16H14BrN. The molecule has 2 aromatic rings. The normalized spacial score (nSPS) is 22.3. The van der Waals surface area contributed by atoms with Gasteiger partial charge in [0.25, 0.3) is 0 Å². The second-order valence-electron chi connectivity index (χ2n) is 4.53. The maximum Gasteiger partial charge on any atom is 0.0581 e. The number of H-pyrrole nitrogens is 1. The molecular weight excluding hydrogens is 286 g/mol. The minimum absolute atomic E-state index is 0.0850. The topological polar surface area (TPSA) is 15.8 Å². The standard InChI is InChI=1S/C16H14BrN/c17-14-8-3-2-7-13(14)16(10-4-1-5-11-16)15-9-6-12-18-15/h1-10,12,18H,11H2. The number of aromatic nitrogens is 1. The second-order valence-corrected chi connectivity index (χ2v) is 5.38. The fourth-order valence-electron chi connectivity index (χ4n) is 2.60. The van der Waals surface area contributed by atoms with Crippen LogP contribution < -0.4 is 0 Å². The number of nitrogens with one attached hydrogen (secondary N) is 1. The Morgan fingerprint density at radius 2 is 1.94 bits per heavy atom. The van der Waals surface area contributed by atoms with Crippen molar-refractivity contribution in [2.45, 2.75) is 11.8 Å². The zero-order valence-corrected chi connectivity index (χ0v) is 11.5. The van der Waals surface area contributed by atoms with Crippen molar-refractivity contribution in [3.63, 3.8) is 0 Å². The summed E-state index contributed by atoms with van der Waals surface area (Å²) in [7, 11) is 0. The Balaban J connectivity index is 2.21. The lowest BCUT2D eigenvalue weighted by atomic mass is 9.73. The zero-order valence-electron chi connectivity index (χ0n) is 9.94. The Morgan fingerprint density at radius 1 is 1.06 bits per heavy atom. The van der Waals surface area contributed by atoms with Gasteiger partial charge in [-0.05, 0) is 30.2 Å². The molecule has 1 aromatic carbocycles. The van der Waals surface area contributed by atoms with E-state index in [0.29, 0.717) is 0 Å².